The predicted octanol–water partition coefficient (Wildman–Crippen LogP) is 3.51. The van der Waals surface area contributed by atoms with Crippen molar-refractivity contribution in [1.29, 1.82) is 0 Å². The first kappa shape index (κ1) is 16.0. The number of carbonyl (C=O) groups excluding carboxylic acids is 1. The summed E-state index contributed by atoms with van der Waals surface area (Å²) in [5.41, 5.74) is 1.18. The van der Waals surface area contributed by atoms with Gasteiger partial charge in [0.15, 0.2) is 6.10 Å². The van der Waals surface area contributed by atoms with Crippen LogP contribution >= 0.6 is 0 Å². The Balaban J connectivity index is 1.82. The zero-order chi connectivity index (χ0) is 15.9. The van der Waals surface area contributed by atoms with Crippen LogP contribution in [0.1, 0.15) is 25.3 Å². The Morgan fingerprint density at radius 2 is 1.73 bits per heavy atom. The molecule has 0 spiro atoms. The molecule has 22 heavy (non-hydrogen) atoms. The molecule has 0 aliphatic heterocycles. The second kappa shape index (κ2) is 7.59. The van der Waals surface area contributed by atoms with Crippen LogP contribution in [0.4, 0.5) is 4.39 Å². The van der Waals surface area contributed by atoms with Gasteiger partial charge in [0.2, 0.25) is 0 Å². The summed E-state index contributed by atoms with van der Waals surface area (Å²) in [6.07, 6.45) is -0.631. The Kier molecular flexibility index (Phi) is 5.53. The number of nitrogens with one attached hydrogen (secondary N) is 1. The zero-order valence-corrected chi connectivity index (χ0v) is 12.8. The molecule has 0 fully saturated rings. The minimum absolute atomic E-state index is 0.188. The minimum Gasteiger partial charge on any atom is -0.481 e. The van der Waals surface area contributed by atoms with E-state index in [0.717, 1.165) is 0 Å². The van der Waals surface area contributed by atoms with E-state index in [1.54, 1.807) is 6.92 Å². The fourth-order valence-corrected chi connectivity index (χ4v) is 2.07. The zero-order valence-electron chi connectivity index (χ0n) is 12.8. The van der Waals surface area contributed by atoms with Crippen LogP contribution in [0.2, 0.25) is 0 Å². The molecule has 0 saturated carbocycles. The molecule has 2 aromatic carbocycles. The lowest BCUT2D eigenvalue weighted by atomic mass is 10.0. The standard InChI is InChI=1S/C18H20FNO2/c1-13(15-6-4-3-5-7-15)12-20-18(21)14(2)22-17-10-8-16(19)9-11-17/h3-11,13-14H,12H2,1-2H3,(H,20,21)/t13-,14-/m1/s1. The largest absolute Gasteiger partial charge is 0.481 e. The van der Waals surface area contributed by atoms with Crippen molar-refractivity contribution in [3.63, 3.8) is 0 Å². The van der Waals surface area contributed by atoms with E-state index in [-0.39, 0.29) is 17.6 Å². The van der Waals surface area contributed by atoms with Gasteiger partial charge in [0.1, 0.15) is 11.6 Å². The molecule has 0 aliphatic carbocycles. The van der Waals surface area contributed by atoms with Gasteiger partial charge >= 0.3 is 0 Å². The van der Waals surface area contributed by atoms with Crippen molar-refractivity contribution in [2.75, 3.05) is 6.54 Å². The summed E-state index contributed by atoms with van der Waals surface area (Å²) in [6, 6.07) is 15.6. The molecule has 0 heterocycles. The minimum atomic E-state index is -0.631. The van der Waals surface area contributed by atoms with E-state index in [0.29, 0.717) is 12.3 Å². The van der Waals surface area contributed by atoms with E-state index in [9.17, 15) is 9.18 Å². The van der Waals surface area contributed by atoms with Crippen LogP contribution < -0.4 is 10.1 Å². The molecular formula is C18H20FNO2. The second-order valence-electron chi connectivity index (χ2n) is 5.27. The molecule has 0 aromatic heterocycles. The van der Waals surface area contributed by atoms with Crippen LogP contribution in [0.5, 0.6) is 5.75 Å². The summed E-state index contributed by atoms with van der Waals surface area (Å²) < 4.78 is 18.3. The number of ether oxygens (including phenoxy) is 1. The van der Waals surface area contributed by atoms with Gasteiger partial charge in [0.05, 0.1) is 0 Å². The third-order valence-electron chi connectivity index (χ3n) is 3.45. The first-order valence-electron chi connectivity index (χ1n) is 7.31. The lowest BCUT2D eigenvalue weighted by Crippen LogP contribution is -2.38. The first-order chi connectivity index (χ1) is 10.6. The Morgan fingerprint density at radius 1 is 1.09 bits per heavy atom. The topological polar surface area (TPSA) is 38.3 Å². The molecule has 1 amide bonds. The normalized spacial score (nSPS) is 13.2. The van der Waals surface area contributed by atoms with Crippen molar-refractivity contribution in [3.8, 4) is 5.75 Å². The average molecular weight is 301 g/mol. The third kappa shape index (κ3) is 4.58. The fraction of sp³-hybridized carbons (Fsp3) is 0.278. The Bertz CT molecular complexity index is 598. The number of carbonyl (C=O) groups is 1. The van der Waals surface area contributed by atoms with Crippen molar-refractivity contribution < 1.29 is 13.9 Å². The van der Waals surface area contributed by atoms with E-state index in [1.807, 2.05) is 30.3 Å². The Labute approximate surface area is 130 Å². The van der Waals surface area contributed by atoms with Crippen LogP contribution in [-0.4, -0.2) is 18.6 Å². The highest BCUT2D eigenvalue weighted by Crippen LogP contribution is 2.14. The number of hydrogen-bond donors (Lipinski definition) is 1. The fourth-order valence-electron chi connectivity index (χ4n) is 2.07. The smallest absolute Gasteiger partial charge is 0.260 e. The summed E-state index contributed by atoms with van der Waals surface area (Å²) in [6.45, 7) is 4.27. The van der Waals surface area contributed by atoms with Crippen LogP contribution in [-0.2, 0) is 4.79 Å². The summed E-state index contributed by atoms with van der Waals surface area (Å²) in [4.78, 5) is 12.0. The van der Waals surface area contributed by atoms with Crippen molar-refractivity contribution in [2.24, 2.45) is 0 Å². The molecule has 0 bridgehead atoms. The molecule has 2 atom stereocenters. The van der Waals surface area contributed by atoms with Crippen molar-refractivity contribution in [3.05, 3.63) is 66.0 Å². The lowest BCUT2D eigenvalue weighted by Gasteiger charge is -2.17. The van der Waals surface area contributed by atoms with Crippen molar-refractivity contribution in [2.45, 2.75) is 25.9 Å². The predicted molar refractivity (Wildman–Crippen MR) is 84.4 cm³/mol. The molecule has 116 valence electrons. The summed E-state index contributed by atoms with van der Waals surface area (Å²) in [5, 5.41) is 2.87. The van der Waals surface area contributed by atoms with Crippen LogP contribution in [0.3, 0.4) is 0 Å². The summed E-state index contributed by atoms with van der Waals surface area (Å²) in [7, 11) is 0. The van der Waals surface area contributed by atoms with Gasteiger partial charge in [0, 0.05) is 6.54 Å². The molecule has 2 aromatic rings. The van der Waals surface area contributed by atoms with Crippen LogP contribution in [0.25, 0.3) is 0 Å². The van der Waals surface area contributed by atoms with E-state index in [1.165, 1.54) is 29.8 Å². The molecular weight excluding hydrogens is 281 g/mol. The highest BCUT2D eigenvalue weighted by atomic mass is 19.1. The van der Waals surface area contributed by atoms with Crippen LogP contribution in [0, 0.1) is 5.82 Å². The molecule has 1 N–H and O–H groups in total. The summed E-state index contributed by atoms with van der Waals surface area (Å²) in [5.74, 6) is 0.177. The number of halogens is 1. The van der Waals surface area contributed by atoms with E-state index in [2.05, 4.69) is 12.2 Å². The molecule has 0 saturated heterocycles. The van der Waals surface area contributed by atoms with Crippen LogP contribution in [0.15, 0.2) is 54.6 Å². The van der Waals surface area contributed by atoms with Gasteiger partial charge < -0.3 is 10.1 Å². The first-order valence-corrected chi connectivity index (χ1v) is 7.31. The molecule has 3 nitrogen and oxygen atoms in total. The van der Waals surface area contributed by atoms with Gasteiger partial charge in [0.25, 0.3) is 5.91 Å². The maximum Gasteiger partial charge on any atom is 0.260 e. The van der Waals surface area contributed by atoms with Crippen molar-refractivity contribution in [1.82, 2.24) is 5.32 Å². The molecule has 0 radical (unpaired) electrons. The maximum atomic E-state index is 12.8. The monoisotopic (exact) mass is 301 g/mol. The summed E-state index contributed by atoms with van der Waals surface area (Å²) >= 11 is 0. The Morgan fingerprint density at radius 3 is 2.36 bits per heavy atom. The molecule has 0 unspecified atom stereocenters. The van der Waals surface area contributed by atoms with Gasteiger partial charge in [-0.05, 0) is 42.7 Å². The molecule has 2 rings (SSSR count). The van der Waals surface area contributed by atoms with Gasteiger partial charge in [-0.15, -0.1) is 0 Å². The molecule has 4 heteroatoms. The lowest BCUT2D eigenvalue weighted by molar-refractivity contribution is -0.127. The average Bonchev–Trinajstić information content (AvgIpc) is 2.55. The van der Waals surface area contributed by atoms with Gasteiger partial charge in [-0.1, -0.05) is 37.3 Å². The second-order valence-corrected chi connectivity index (χ2v) is 5.27. The van der Waals surface area contributed by atoms with E-state index in [4.69, 9.17) is 4.74 Å². The number of hydrogen-bond acceptors (Lipinski definition) is 2. The third-order valence-corrected chi connectivity index (χ3v) is 3.45. The SMILES string of the molecule is C[C@H](CNC(=O)[C@@H](C)Oc1ccc(F)cc1)c1ccccc1. The molecule has 0 aliphatic rings. The maximum absolute atomic E-state index is 12.8. The number of benzene rings is 2. The highest BCUT2D eigenvalue weighted by molar-refractivity contribution is 5.80. The Hall–Kier alpha value is -2.36. The van der Waals surface area contributed by atoms with Gasteiger partial charge in [-0.3, -0.25) is 4.79 Å². The number of rotatable bonds is 6. The highest BCUT2D eigenvalue weighted by Gasteiger charge is 2.15. The quantitative estimate of drug-likeness (QED) is 0.886. The van der Waals surface area contributed by atoms with Gasteiger partial charge in [-0.25, -0.2) is 4.39 Å². The van der Waals surface area contributed by atoms with Gasteiger partial charge in [-0.2, -0.15) is 0 Å². The van der Waals surface area contributed by atoms with E-state index < -0.39 is 6.10 Å². The number of amides is 1. The van der Waals surface area contributed by atoms with Crippen molar-refractivity contribution >= 4 is 5.91 Å². The van der Waals surface area contributed by atoms with E-state index >= 15 is 0 Å².